The molecule has 0 saturated carbocycles. The Balaban J connectivity index is 1.43. The maximum Gasteiger partial charge on any atom is 0.253 e. The Kier molecular flexibility index (Phi) is 8.64. The maximum absolute atomic E-state index is 12.0. The first-order chi connectivity index (χ1) is 15.4. The number of aliphatic hydroxyl groups is 1. The van der Waals surface area contributed by atoms with Gasteiger partial charge in [-0.15, -0.1) is 0 Å². The number of likely N-dealkylation sites (tertiary alicyclic amines) is 1. The van der Waals surface area contributed by atoms with Gasteiger partial charge in [-0.05, 0) is 41.7 Å². The first kappa shape index (κ1) is 23.8. The molecule has 0 radical (unpaired) electrons. The highest BCUT2D eigenvalue weighted by Crippen LogP contribution is 2.14. The van der Waals surface area contributed by atoms with E-state index >= 15 is 0 Å². The van der Waals surface area contributed by atoms with E-state index in [1.165, 1.54) is 11.1 Å². The summed E-state index contributed by atoms with van der Waals surface area (Å²) < 4.78 is 0. The van der Waals surface area contributed by atoms with Crippen molar-refractivity contribution in [3.05, 3.63) is 70.8 Å². The molecule has 0 spiro atoms. The fourth-order valence-corrected chi connectivity index (χ4v) is 3.71. The third-order valence-corrected chi connectivity index (χ3v) is 5.74. The van der Waals surface area contributed by atoms with Crippen LogP contribution < -0.4 is 10.6 Å². The Hall–Kier alpha value is -2.90. The minimum absolute atomic E-state index is 0.00253. The second-order valence-corrected chi connectivity index (χ2v) is 8.50. The molecule has 172 valence electrons. The number of rotatable bonds is 7. The van der Waals surface area contributed by atoms with Crippen LogP contribution in [0.5, 0.6) is 0 Å². The van der Waals surface area contributed by atoms with Gasteiger partial charge in [-0.1, -0.05) is 36.4 Å². The van der Waals surface area contributed by atoms with Crippen molar-refractivity contribution in [3.8, 4) is 0 Å². The van der Waals surface area contributed by atoms with Gasteiger partial charge in [0.1, 0.15) is 0 Å². The molecule has 1 aliphatic heterocycles. The molecule has 2 aromatic carbocycles. The van der Waals surface area contributed by atoms with Gasteiger partial charge in [-0.25, -0.2) is 0 Å². The minimum Gasteiger partial charge on any atom is -0.393 e. The van der Waals surface area contributed by atoms with E-state index in [-0.39, 0.29) is 12.0 Å². The predicted octanol–water partition coefficient (Wildman–Crippen LogP) is 2.21. The van der Waals surface area contributed by atoms with Gasteiger partial charge in [-0.3, -0.25) is 14.7 Å². The molecule has 0 bridgehead atoms. The summed E-state index contributed by atoms with van der Waals surface area (Å²) in [5.41, 5.74) is 4.25. The third-order valence-electron chi connectivity index (χ3n) is 5.74. The predicted molar refractivity (Wildman–Crippen MR) is 128 cm³/mol. The zero-order chi connectivity index (χ0) is 22.9. The number of nitrogens with one attached hydrogen (secondary N) is 2. The number of aliphatic imine (C=N–C) groups is 1. The van der Waals surface area contributed by atoms with E-state index in [1.54, 1.807) is 26.0 Å². The summed E-state index contributed by atoms with van der Waals surface area (Å²) in [5.74, 6) is 0.733. The molecule has 2 aromatic rings. The molecule has 0 unspecified atom stereocenters. The summed E-state index contributed by atoms with van der Waals surface area (Å²) >= 11 is 0. The smallest absolute Gasteiger partial charge is 0.253 e. The van der Waals surface area contributed by atoms with E-state index in [2.05, 4.69) is 44.8 Å². The van der Waals surface area contributed by atoms with Crippen LogP contribution in [0, 0.1) is 0 Å². The fraction of sp³-hybridized carbons (Fsp3) is 0.440. The van der Waals surface area contributed by atoms with Crippen LogP contribution >= 0.6 is 0 Å². The van der Waals surface area contributed by atoms with Crippen molar-refractivity contribution >= 4 is 11.9 Å². The molecule has 7 heteroatoms. The van der Waals surface area contributed by atoms with E-state index in [0.29, 0.717) is 18.7 Å². The molecule has 1 aliphatic rings. The number of hydrogen-bond donors (Lipinski definition) is 3. The molecule has 3 rings (SSSR count). The number of piperidine rings is 1. The average molecular weight is 438 g/mol. The SMILES string of the molecule is CN=C(NCc1ccc(CN2CCC(O)CC2)cc1)NCc1ccc(C(=O)N(C)C)cc1. The number of nitrogens with zero attached hydrogens (tertiary/aromatic N) is 3. The number of hydrogen-bond acceptors (Lipinski definition) is 4. The van der Waals surface area contributed by atoms with Crippen molar-refractivity contribution in [2.75, 3.05) is 34.2 Å². The van der Waals surface area contributed by atoms with Crippen LogP contribution in [0.2, 0.25) is 0 Å². The molecule has 1 saturated heterocycles. The highest BCUT2D eigenvalue weighted by molar-refractivity contribution is 5.93. The van der Waals surface area contributed by atoms with E-state index in [4.69, 9.17) is 0 Å². The topological polar surface area (TPSA) is 80.2 Å². The van der Waals surface area contributed by atoms with Gasteiger partial charge in [0, 0.05) is 59.4 Å². The summed E-state index contributed by atoms with van der Waals surface area (Å²) in [6, 6.07) is 16.3. The van der Waals surface area contributed by atoms with Crippen LogP contribution in [0.25, 0.3) is 0 Å². The van der Waals surface area contributed by atoms with Crippen LogP contribution in [0.4, 0.5) is 0 Å². The fourth-order valence-electron chi connectivity index (χ4n) is 3.71. The highest BCUT2D eigenvalue weighted by Gasteiger charge is 2.16. The lowest BCUT2D eigenvalue weighted by atomic mass is 10.1. The van der Waals surface area contributed by atoms with Crippen LogP contribution in [0.3, 0.4) is 0 Å². The zero-order valence-electron chi connectivity index (χ0n) is 19.3. The Labute approximate surface area is 191 Å². The Morgan fingerprint density at radius 2 is 1.47 bits per heavy atom. The number of guanidine groups is 1. The largest absolute Gasteiger partial charge is 0.393 e. The molecule has 1 fully saturated rings. The Morgan fingerprint density at radius 3 is 1.97 bits per heavy atom. The number of carbonyl (C=O) groups excluding carboxylic acids is 1. The second kappa shape index (κ2) is 11.6. The number of benzene rings is 2. The van der Waals surface area contributed by atoms with E-state index in [1.807, 2.05) is 24.3 Å². The van der Waals surface area contributed by atoms with Crippen LogP contribution in [-0.4, -0.2) is 67.1 Å². The highest BCUT2D eigenvalue weighted by atomic mass is 16.3. The number of carbonyl (C=O) groups is 1. The van der Waals surface area contributed by atoms with Crippen molar-refractivity contribution in [1.82, 2.24) is 20.4 Å². The molecule has 3 N–H and O–H groups in total. The molecular weight excluding hydrogens is 402 g/mol. The van der Waals surface area contributed by atoms with Crippen molar-refractivity contribution in [2.45, 2.75) is 38.6 Å². The molecule has 0 aliphatic carbocycles. The van der Waals surface area contributed by atoms with Gasteiger partial charge in [0.15, 0.2) is 5.96 Å². The normalized spacial score (nSPS) is 15.4. The van der Waals surface area contributed by atoms with E-state index < -0.39 is 0 Å². The number of aliphatic hydroxyl groups excluding tert-OH is 1. The number of amides is 1. The van der Waals surface area contributed by atoms with E-state index in [9.17, 15) is 9.90 Å². The quantitative estimate of drug-likeness (QED) is 0.457. The lowest BCUT2D eigenvalue weighted by Gasteiger charge is -2.29. The summed E-state index contributed by atoms with van der Waals surface area (Å²) in [7, 11) is 5.26. The van der Waals surface area contributed by atoms with Crippen LogP contribution in [0.15, 0.2) is 53.5 Å². The van der Waals surface area contributed by atoms with E-state index in [0.717, 1.165) is 44.0 Å². The van der Waals surface area contributed by atoms with Crippen molar-refractivity contribution in [3.63, 3.8) is 0 Å². The third kappa shape index (κ3) is 7.07. The molecular formula is C25H35N5O2. The van der Waals surface area contributed by atoms with Crippen LogP contribution in [0.1, 0.15) is 39.9 Å². The zero-order valence-corrected chi connectivity index (χ0v) is 19.3. The van der Waals surface area contributed by atoms with Gasteiger partial charge in [0.2, 0.25) is 0 Å². The van der Waals surface area contributed by atoms with Gasteiger partial charge in [0.05, 0.1) is 6.10 Å². The Morgan fingerprint density at radius 1 is 0.969 bits per heavy atom. The van der Waals surface area contributed by atoms with Crippen molar-refractivity contribution < 1.29 is 9.90 Å². The summed E-state index contributed by atoms with van der Waals surface area (Å²) in [6.07, 6.45) is 1.60. The average Bonchev–Trinajstić information content (AvgIpc) is 2.81. The minimum atomic E-state index is -0.130. The standard InChI is InChI=1S/C25H35N5O2/c1-26-25(28-17-20-8-10-22(11-9-20)24(32)29(2)3)27-16-19-4-6-21(7-5-19)18-30-14-12-23(31)13-15-30/h4-11,23,31H,12-18H2,1-3H3,(H2,26,27,28). The molecule has 1 amide bonds. The van der Waals surface area contributed by atoms with Crippen LogP contribution in [-0.2, 0) is 19.6 Å². The summed E-state index contributed by atoms with van der Waals surface area (Å²) in [5, 5.41) is 16.3. The molecule has 0 atom stereocenters. The van der Waals surface area contributed by atoms with Gasteiger partial charge in [-0.2, -0.15) is 0 Å². The van der Waals surface area contributed by atoms with Crippen molar-refractivity contribution in [1.29, 1.82) is 0 Å². The second-order valence-electron chi connectivity index (χ2n) is 8.50. The molecule has 7 nitrogen and oxygen atoms in total. The monoisotopic (exact) mass is 437 g/mol. The van der Waals surface area contributed by atoms with Gasteiger partial charge < -0.3 is 20.6 Å². The molecule has 0 aromatic heterocycles. The summed E-state index contributed by atoms with van der Waals surface area (Å²) in [6.45, 7) is 4.16. The molecule has 32 heavy (non-hydrogen) atoms. The lowest BCUT2D eigenvalue weighted by Crippen LogP contribution is -2.36. The first-order valence-electron chi connectivity index (χ1n) is 11.2. The first-order valence-corrected chi connectivity index (χ1v) is 11.2. The Bertz CT molecular complexity index is 886. The van der Waals surface area contributed by atoms with Gasteiger partial charge >= 0.3 is 0 Å². The summed E-state index contributed by atoms with van der Waals surface area (Å²) in [4.78, 5) is 20.3. The van der Waals surface area contributed by atoms with Gasteiger partial charge in [0.25, 0.3) is 5.91 Å². The lowest BCUT2D eigenvalue weighted by molar-refractivity contribution is 0.0792. The van der Waals surface area contributed by atoms with Crippen molar-refractivity contribution in [2.24, 2.45) is 4.99 Å². The maximum atomic E-state index is 12.0. The molecule has 1 heterocycles.